The summed E-state index contributed by atoms with van der Waals surface area (Å²) in [5.74, 6) is 0.680. The Kier molecular flexibility index (Phi) is 5.72. The third kappa shape index (κ3) is 4.71. The first-order valence-corrected chi connectivity index (χ1v) is 7.30. The third-order valence-electron chi connectivity index (χ3n) is 2.84. The maximum Gasteiger partial charge on any atom is 0.122 e. The summed E-state index contributed by atoms with van der Waals surface area (Å²) in [4.78, 5) is 0. The molecule has 2 aromatic carbocycles. The zero-order chi connectivity index (χ0) is 14.4. The van der Waals surface area contributed by atoms with E-state index < -0.39 is 0 Å². The molecule has 0 radical (unpaired) electrons. The van der Waals surface area contributed by atoms with Gasteiger partial charge in [-0.05, 0) is 35.9 Å². The van der Waals surface area contributed by atoms with Gasteiger partial charge in [0, 0.05) is 16.6 Å². The molecule has 0 atom stereocenters. The van der Waals surface area contributed by atoms with E-state index in [0.717, 1.165) is 18.7 Å². The first-order chi connectivity index (χ1) is 9.67. The Hall–Kier alpha value is -1.22. The van der Waals surface area contributed by atoms with E-state index in [9.17, 15) is 0 Å². The van der Waals surface area contributed by atoms with Crippen molar-refractivity contribution < 1.29 is 4.74 Å². The van der Waals surface area contributed by atoms with Crippen LogP contribution in [0.15, 0.2) is 42.5 Å². The van der Waals surface area contributed by atoms with Crippen molar-refractivity contribution in [3.63, 3.8) is 0 Å². The highest BCUT2D eigenvalue weighted by atomic mass is 35.5. The van der Waals surface area contributed by atoms with Gasteiger partial charge in [-0.3, -0.25) is 0 Å². The molecule has 2 aromatic rings. The molecule has 0 amide bonds. The van der Waals surface area contributed by atoms with Crippen LogP contribution in [0.4, 0.5) is 0 Å². The second kappa shape index (κ2) is 7.53. The highest BCUT2D eigenvalue weighted by molar-refractivity contribution is 6.34. The van der Waals surface area contributed by atoms with Crippen molar-refractivity contribution >= 4 is 23.2 Å². The summed E-state index contributed by atoms with van der Waals surface area (Å²) in [6.45, 7) is 4.46. The zero-order valence-electron chi connectivity index (χ0n) is 11.3. The summed E-state index contributed by atoms with van der Waals surface area (Å²) in [6.07, 6.45) is 0. The van der Waals surface area contributed by atoms with E-state index in [4.69, 9.17) is 27.9 Å². The van der Waals surface area contributed by atoms with E-state index in [-0.39, 0.29) is 0 Å². The minimum Gasteiger partial charge on any atom is -0.489 e. The van der Waals surface area contributed by atoms with E-state index >= 15 is 0 Å². The number of benzene rings is 2. The lowest BCUT2D eigenvalue weighted by Gasteiger charge is -2.08. The molecule has 0 aliphatic rings. The van der Waals surface area contributed by atoms with Crippen LogP contribution in [-0.2, 0) is 13.2 Å². The number of nitrogens with one attached hydrogen (secondary N) is 1. The first kappa shape index (κ1) is 15.2. The molecule has 106 valence electrons. The lowest BCUT2D eigenvalue weighted by atomic mass is 10.1. The van der Waals surface area contributed by atoms with Gasteiger partial charge in [-0.15, -0.1) is 0 Å². The Balaban J connectivity index is 1.93. The Labute approximate surface area is 129 Å². The van der Waals surface area contributed by atoms with Crippen LogP contribution >= 0.6 is 23.2 Å². The molecule has 2 rings (SSSR count). The van der Waals surface area contributed by atoms with Crippen molar-refractivity contribution in [3.8, 4) is 5.75 Å². The van der Waals surface area contributed by atoms with E-state index in [2.05, 4.69) is 36.5 Å². The van der Waals surface area contributed by atoms with Crippen LogP contribution in [0.1, 0.15) is 18.1 Å². The highest BCUT2D eigenvalue weighted by Crippen LogP contribution is 2.24. The minimum atomic E-state index is 0.498. The molecule has 0 bridgehead atoms. The van der Waals surface area contributed by atoms with Gasteiger partial charge < -0.3 is 10.1 Å². The quantitative estimate of drug-likeness (QED) is 0.836. The smallest absolute Gasteiger partial charge is 0.122 e. The van der Waals surface area contributed by atoms with Crippen LogP contribution in [-0.4, -0.2) is 6.54 Å². The Morgan fingerprint density at radius 1 is 0.950 bits per heavy atom. The normalized spacial score (nSPS) is 10.6. The highest BCUT2D eigenvalue weighted by Gasteiger charge is 2.00. The van der Waals surface area contributed by atoms with Crippen molar-refractivity contribution in [1.29, 1.82) is 0 Å². The summed E-state index contributed by atoms with van der Waals surface area (Å²) in [7, 11) is 0. The van der Waals surface area contributed by atoms with Gasteiger partial charge in [-0.2, -0.15) is 0 Å². The van der Waals surface area contributed by atoms with Crippen LogP contribution in [0.5, 0.6) is 5.75 Å². The molecule has 0 heterocycles. The molecule has 0 unspecified atom stereocenters. The maximum absolute atomic E-state index is 5.93. The van der Waals surface area contributed by atoms with E-state index in [1.807, 2.05) is 0 Å². The monoisotopic (exact) mass is 309 g/mol. The van der Waals surface area contributed by atoms with Crippen molar-refractivity contribution in [3.05, 3.63) is 63.6 Å². The van der Waals surface area contributed by atoms with Crippen LogP contribution < -0.4 is 10.1 Å². The SMILES string of the molecule is CCNCc1ccc(COc2cc(Cl)cc(Cl)c2)cc1. The maximum atomic E-state index is 5.93. The van der Waals surface area contributed by atoms with Gasteiger partial charge in [-0.1, -0.05) is 54.4 Å². The summed E-state index contributed by atoms with van der Waals surface area (Å²) in [5.41, 5.74) is 2.38. The fourth-order valence-electron chi connectivity index (χ4n) is 1.80. The van der Waals surface area contributed by atoms with Crippen molar-refractivity contribution in [2.45, 2.75) is 20.1 Å². The molecule has 4 heteroatoms. The van der Waals surface area contributed by atoms with Crippen molar-refractivity contribution in [1.82, 2.24) is 5.32 Å². The molecule has 0 fully saturated rings. The van der Waals surface area contributed by atoms with E-state index in [1.165, 1.54) is 5.56 Å². The van der Waals surface area contributed by atoms with Crippen LogP contribution in [0.2, 0.25) is 10.0 Å². The Morgan fingerprint density at radius 3 is 2.15 bits per heavy atom. The Morgan fingerprint density at radius 2 is 1.55 bits per heavy atom. The number of rotatable bonds is 6. The summed E-state index contributed by atoms with van der Waals surface area (Å²) in [5, 5.41) is 4.45. The molecule has 0 aromatic heterocycles. The molecule has 1 N–H and O–H groups in total. The second-order valence-electron chi connectivity index (χ2n) is 4.49. The number of halogens is 2. The van der Waals surface area contributed by atoms with E-state index in [0.29, 0.717) is 22.4 Å². The lowest BCUT2D eigenvalue weighted by Crippen LogP contribution is -2.11. The molecule has 0 aliphatic carbocycles. The predicted molar refractivity (Wildman–Crippen MR) is 84.6 cm³/mol. The van der Waals surface area contributed by atoms with Crippen LogP contribution in [0, 0.1) is 0 Å². The molecular weight excluding hydrogens is 293 g/mol. The average molecular weight is 310 g/mol. The van der Waals surface area contributed by atoms with Crippen LogP contribution in [0.25, 0.3) is 0 Å². The van der Waals surface area contributed by atoms with Gasteiger partial charge in [0.1, 0.15) is 12.4 Å². The number of ether oxygens (including phenoxy) is 1. The van der Waals surface area contributed by atoms with Gasteiger partial charge in [0.05, 0.1) is 0 Å². The number of hydrogen-bond donors (Lipinski definition) is 1. The molecule has 0 saturated heterocycles. The fourth-order valence-corrected chi connectivity index (χ4v) is 2.31. The minimum absolute atomic E-state index is 0.498. The largest absolute Gasteiger partial charge is 0.489 e. The van der Waals surface area contributed by atoms with E-state index in [1.54, 1.807) is 18.2 Å². The van der Waals surface area contributed by atoms with Crippen LogP contribution in [0.3, 0.4) is 0 Å². The molecule has 2 nitrogen and oxygen atoms in total. The lowest BCUT2D eigenvalue weighted by molar-refractivity contribution is 0.306. The average Bonchev–Trinajstić information content (AvgIpc) is 2.43. The molecule has 20 heavy (non-hydrogen) atoms. The summed E-state index contributed by atoms with van der Waals surface area (Å²) < 4.78 is 5.69. The van der Waals surface area contributed by atoms with Gasteiger partial charge in [0.2, 0.25) is 0 Å². The molecule has 0 aliphatic heterocycles. The zero-order valence-corrected chi connectivity index (χ0v) is 12.8. The summed E-state index contributed by atoms with van der Waals surface area (Å²) >= 11 is 11.9. The molecule has 0 saturated carbocycles. The van der Waals surface area contributed by atoms with Crippen molar-refractivity contribution in [2.75, 3.05) is 6.54 Å². The van der Waals surface area contributed by atoms with Gasteiger partial charge in [0.25, 0.3) is 0 Å². The van der Waals surface area contributed by atoms with Gasteiger partial charge in [-0.25, -0.2) is 0 Å². The second-order valence-corrected chi connectivity index (χ2v) is 5.36. The topological polar surface area (TPSA) is 21.3 Å². The standard InChI is InChI=1S/C16H17Cl2NO/c1-2-19-10-12-3-5-13(6-4-12)11-20-16-8-14(17)7-15(18)9-16/h3-9,19H,2,10-11H2,1H3. The predicted octanol–water partition coefficient (Wildman–Crippen LogP) is 4.68. The van der Waals surface area contributed by atoms with Crippen molar-refractivity contribution in [2.24, 2.45) is 0 Å². The third-order valence-corrected chi connectivity index (χ3v) is 3.28. The Bertz CT molecular complexity index is 535. The summed E-state index contributed by atoms with van der Waals surface area (Å²) in [6, 6.07) is 13.5. The molecular formula is C16H17Cl2NO. The fraction of sp³-hybridized carbons (Fsp3) is 0.250. The number of hydrogen-bond acceptors (Lipinski definition) is 2. The first-order valence-electron chi connectivity index (χ1n) is 6.55. The molecule has 0 spiro atoms. The van der Waals surface area contributed by atoms with Gasteiger partial charge in [0.15, 0.2) is 0 Å². The van der Waals surface area contributed by atoms with Gasteiger partial charge >= 0.3 is 0 Å².